The number of para-hydroxylation sites is 1. The van der Waals surface area contributed by atoms with Crippen molar-refractivity contribution in [1.29, 1.82) is 0 Å². The zero-order chi connectivity index (χ0) is 14.9. The fourth-order valence-electron chi connectivity index (χ4n) is 4.05. The molecule has 0 N–H and O–H groups in total. The molecule has 0 saturated carbocycles. The van der Waals surface area contributed by atoms with Crippen molar-refractivity contribution in [3.63, 3.8) is 0 Å². The summed E-state index contributed by atoms with van der Waals surface area (Å²) in [6, 6.07) is 22.3. The molecule has 0 aromatic heterocycles. The van der Waals surface area contributed by atoms with E-state index in [2.05, 4.69) is 77.2 Å². The second kappa shape index (κ2) is 5.60. The van der Waals surface area contributed by atoms with Crippen LogP contribution in [0.3, 0.4) is 0 Å². The van der Waals surface area contributed by atoms with Gasteiger partial charge in [0.2, 0.25) is 0 Å². The predicted octanol–water partition coefficient (Wildman–Crippen LogP) is 4.09. The van der Waals surface area contributed by atoms with Crippen LogP contribution in [0, 0.1) is 5.92 Å². The first-order chi connectivity index (χ1) is 10.9. The van der Waals surface area contributed by atoms with Crippen molar-refractivity contribution < 1.29 is 4.58 Å². The van der Waals surface area contributed by atoms with E-state index in [9.17, 15) is 0 Å². The lowest BCUT2D eigenvalue weighted by Gasteiger charge is -2.44. The minimum Gasteiger partial charge on any atom is -0.268 e. The molecule has 0 aliphatic carbocycles. The Morgan fingerprint density at radius 1 is 0.909 bits per heavy atom. The van der Waals surface area contributed by atoms with Crippen LogP contribution in [0.2, 0.25) is 0 Å². The number of rotatable bonds is 2. The highest BCUT2D eigenvalue weighted by molar-refractivity contribution is 6.04. The van der Waals surface area contributed by atoms with Crippen molar-refractivity contribution in [2.75, 3.05) is 18.5 Å². The van der Waals surface area contributed by atoms with Gasteiger partial charge in [-0.1, -0.05) is 48.5 Å². The summed E-state index contributed by atoms with van der Waals surface area (Å²) in [7, 11) is 2.25. The van der Waals surface area contributed by atoms with Gasteiger partial charge in [0, 0.05) is 0 Å². The fraction of sp³-hybridized carbons (Fsp3) is 0.350. The highest BCUT2D eigenvalue weighted by Crippen LogP contribution is 2.46. The molecule has 1 fully saturated rings. The van der Waals surface area contributed by atoms with Crippen molar-refractivity contribution in [2.45, 2.75) is 25.3 Å². The molecule has 0 bridgehead atoms. The van der Waals surface area contributed by atoms with Gasteiger partial charge in [-0.3, -0.25) is 4.58 Å². The smallest absolute Gasteiger partial charge is 0.260 e. The largest absolute Gasteiger partial charge is 0.268 e. The molecule has 2 aromatic carbocycles. The molecule has 4 rings (SSSR count). The Labute approximate surface area is 132 Å². The van der Waals surface area contributed by atoms with Crippen molar-refractivity contribution in [1.82, 2.24) is 0 Å². The lowest BCUT2D eigenvalue weighted by molar-refractivity contribution is -0.502. The molecule has 1 saturated heterocycles. The summed E-state index contributed by atoms with van der Waals surface area (Å²) in [5.74, 6) is 2.17. The Bertz CT molecular complexity index is 675. The van der Waals surface area contributed by atoms with E-state index in [1.54, 1.807) is 0 Å². The summed E-state index contributed by atoms with van der Waals surface area (Å²) in [5.41, 5.74) is 2.76. The van der Waals surface area contributed by atoms with Crippen LogP contribution in [0.4, 0.5) is 5.69 Å². The third kappa shape index (κ3) is 2.14. The average molecular weight is 291 g/mol. The molecular weight excluding hydrogens is 268 g/mol. The highest BCUT2D eigenvalue weighted by atomic mass is 15.3. The molecular formula is C20H23N2+. The molecule has 0 spiro atoms. The van der Waals surface area contributed by atoms with Gasteiger partial charge in [0.05, 0.1) is 13.6 Å². The summed E-state index contributed by atoms with van der Waals surface area (Å²) in [6.07, 6.45) is 3.95. The van der Waals surface area contributed by atoms with Gasteiger partial charge in [-0.2, -0.15) is 0 Å². The Kier molecular flexibility index (Phi) is 3.45. The van der Waals surface area contributed by atoms with E-state index in [4.69, 9.17) is 0 Å². The van der Waals surface area contributed by atoms with Gasteiger partial charge in [-0.25, -0.2) is 4.90 Å². The van der Waals surface area contributed by atoms with Crippen molar-refractivity contribution in [3.05, 3.63) is 66.2 Å². The first kappa shape index (κ1) is 13.6. The van der Waals surface area contributed by atoms with Crippen molar-refractivity contribution >= 4 is 11.5 Å². The Morgan fingerprint density at radius 3 is 2.32 bits per heavy atom. The van der Waals surface area contributed by atoms with Crippen LogP contribution in [-0.4, -0.2) is 24.0 Å². The fourth-order valence-corrected chi connectivity index (χ4v) is 4.05. The summed E-state index contributed by atoms with van der Waals surface area (Å²) >= 11 is 0. The SMILES string of the molecule is C[N+]1=C2C(CCCC1)C(c1ccccc1)N2c1ccccc1. The monoisotopic (exact) mass is 291 g/mol. The van der Waals surface area contributed by atoms with Crippen LogP contribution in [0.1, 0.15) is 30.9 Å². The van der Waals surface area contributed by atoms with E-state index in [0.717, 1.165) is 0 Å². The zero-order valence-electron chi connectivity index (χ0n) is 13.2. The Hall–Kier alpha value is -2.09. The third-order valence-electron chi connectivity index (χ3n) is 5.06. The number of benzene rings is 2. The summed E-state index contributed by atoms with van der Waals surface area (Å²) in [4.78, 5) is 2.55. The van der Waals surface area contributed by atoms with Gasteiger partial charge in [-0.15, -0.1) is 0 Å². The maximum Gasteiger partial charge on any atom is 0.260 e. The molecule has 2 unspecified atom stereocenters. The quantitative estimate of drug-likeness (QED) is 0.755. The first-order valence-corrected chi connectivity index (χ1v) is 8.33. The molecule has 112 valence electrons. The lowest BCUT2D eigenvalue weighted by Crippen LogP contribution is -2.58. The van der Waals surface area contributed by atoms with Crippen LogP contribution in [0.25, 0.3) is 0 Å². The minimum atomic E-state index is 0.485. The molecule has 2 nitrogen and oxygen atoms in total. The summed E-state index contributed by atoms with van der Waals surface area (Å²) < 4.78 is 2.48. The first-order valence-electron chi connectivity index (χ1n) is 8.33. The van der Waals surface area contributed by atoms with E-state index in [1.165, 1.54) is 42.9 Å². The maximum absolute atomic E-state index is 2.55. The number of fused-ring (bicyclic) bond motifs is 1. The van der Waals surface area contributed by atoms with E-state index < -0.39 is 0 Å². The number of hydrogen-bond acceptors (Lipinski definition) is 1. The van der Waals surface area contributed by atoms with E-state index >= 15 is 0 Å². The van der Waals surface area contributed by atoms with E-state index in [1.807, 2.05) is 0 Å². The molecule has 2 aromatic rings. The Balaban J connectivity index is 1.80. The Morgan fingerprint density at radius 2 is 1.59 bits per heavy atom. The van der Waals surface area contributed by atoms with Gasteiger partial charge >= 0.3 is 0 Å². The zero-order valence-corrected chi connectivity index (χ0v) is 13.2. The molecule has 2 aliphatic heterocycles. The summed E-state index contributed by atoms with van der Waals surface area (Å²) in [5, 5.41) is 0. The van der Waals surface area contributed by atoms with Gasteiger partial charge in [-0.05, 0) is 37.0 Å². The molecule has 0 radical (unpaired) electrons. The maximum atomic E-state index is 2.55. The lowest BCUT2D eigenvalue weighted by atomic mass is 9.78. The second-order valence-corrected chi connectivity index (χ2v) is 6.44. The van der Waals surface area contributed by atoms with Crippen molar-refractivity contribution in [3.8, 4) is 0 Å². The number of amidine groups is 1. The predicted molar refractivity (Wildman–Crippen MR) is 91.5 cm³/mol. The van der Waals surface area contributed by atoms with Crippen molar-refractivity contribution in [2.24, 2.45) is 5.92 Å². The standard InChI is InChI=1S/C20H23N2/c1-21-15-9-8-14-18-19(16-10-4-2-5-11-16)22(20(18)21)17-12-6-3-7-13-17/h2-7,10-13,18-19H,8-9,14-15H2,1H3/q+1. The molecule has 2 atom stereocenters. The summed E-state index contributed by atoms with van der Waals surface area (Å²) in [6.45, 7) is 1.18. The molecule has 0 amide bonds. The molecule has 2 aliphatic rings. The van der Waals surface area contributed by atoms with Crippen LogP contribution in [0.15, 0.2) is 60.7 Å². The highest BCUT2D eigenvalue weighted by Gasteiger charge is 2.54. The molecule has 2 heteroatoms. The minimum absolute atomic E-state index is 0.485. The normalized spacial score (nSPS) is 24.5. The van der Waals surface area contributed by atoms with Gasteiger partial charge in [0.15, 0.2) is 0 Å². The van der Waals surface area contributed by atoms with Crippen LogP contribution >= 0.6 is 0 Å². The molecule has 22 heavy (non-hydrogen) atoms. The van der Waals surface area contributed by atoms with E-state index in [-0.39, 0.29) is 0 Å². The topological polar surface area (TPSA) is 6.25 Å². The number of nitrogens with zero attached hydrogens (tertiary/aromatic N) is 2. The second-order valence-electron chi connectivity index (χ2n) is 6.44. The third-order valence-corrected chi connectivity index (χ3v) is 5.06. The average Bonchev–Trinajstić information content (AvgIpc) is 2.69. The van der Waals surface area contributed by atoms with E-state index in [0.29, 0.717) is 12.0 Å². The van der Waals surface area contributed by atoms with Crippen LogP contribution in [-0.2, 0) is 0 Å². The van der Waals surface area contributed by atoms with Gasteiger partial charge in [0.1, 0.15) is 17.6 Å². The van der Waals surface area contributed by atoms with Crippen LogP contribution < -0.4 is 4.90 Å². The number of hydrogen-bond donors (Lipinski definition) is 0. The van der Waals surface area contributed by atoms with Gasteiger partial charge in [0.25, 0.3) is 5.84 Å². The molecule has 2 heterocycles. The van der Waals surface area contributed by atoms with Gasteiger partial charge < -0.3 is 0 Å². The number of anilines is 1. The van der Waals surface area contributed by atoms with Crippen LogP contribution in [0.5, 0.6) is 0 Å².